The molecule has 1 unspecified atom stereocenters. The first-order chi connectivity index (χ1) is 7.16. The monoisotopic (exact) mass is 269 g/mol. The summed E-state index contributed by atoms with van der Waals surface area (Å²) in [6, 6.07) is 2.00. The number of hydrogen-bond donors (Lipinski definition) is 0. The topological polar surface area (TPSA) is 29.0 Å². The number of halogens is 1. The molecular weight excluding hydrogens is 254 g/mol. The van der Waals surface area contributed by atoms with Crippen LogP contribution in [0.5, 0.6) is 0 Å². The minimum absolute atomic E-state index is 0.586. The lowest BCUT2D eigenvalue weighted by atomic mass is 10.2. The standard InChI is InChI=1S/C11H16BrN3/c1-15(2)11-13-6-5-9(14-11)7-10(12)8-3-4-8/h5-6,8,10H,3-4,7H2,1-2H3. The van der Waals surface area contributed by atoms with Gasteiger partial charge >= 0.3 is 0 Å². The van der Waals surface area contributed by atoms with Crippen LogP contribution in [0.4, 0.5) is 5.95 Å². The molecule has 1 aromatic rings. The summed E-state index contributed by atoms with van der Waals surface area (Å²) in [5.74, 6) is 1.66. The third-order valence-corrected chi connectivity index (χ3v) is 3.71. The van der Waals surface area contributed by atoms with E-state index in [2.05, 4.69) is 25.9 Å². The van der Waals surface area contributed by atoms with Crippen molar-refractivity contribution in [2.45, 2.75) is 24.1 Å². The van der Waals surface area contributed by atoms with E-state index in [9.17, 15) is 0 Å². The fourth-order valence-electron chi connectivity index (χ4n) is 1.54. The van der Waals surface area contributed by atoms with Gasteiger partial charge in [-0.25, -0.2) is 9.97 Å². The van der Waals surface area contributed by atoms with Crippen LogP contribution in [0, 0.1) is 5.92 Å². The van der Waals surface area contributed by atoms with Gasteiger partial charge in [0.15, 0.2) is 0 Å². The lowest BCUT2D eigenvalue weighted by molar-refractivity contribution is 0.742. The summed E-state index contributed by atoms with van der Waals surface area (Å²) in [6.45, 7) is 0. The van der Waals surface area contributed by atoms with E-state index < -0.39 is 0 Å². The van der Waals surface area contributed by atoms with Gasteiger partial charge in [-0.1, -0.05) is 15.9 Å². The molecule has 1 fully saturated rings. The fourth-order valence-corrected chi connectivity index (χ4v) is 2.40. The Hall–Kier alpha value is -0.640. The van der Waals surface area contributed by atoms with Crippen LogP contribution in [-0.2, 0) is 6.42 Å². The maximum atomic E-state index is 4.51. The average molecular weight is 270 g/mol. The summed E-state index contributed by atoms with van der Waals surface area (Å²) < 4.78 is 0. The zero-order valence-electron chi connectivity index (χ0n) is 9.15. The molecule has 0 amide bonds. The van der Waals surface area contributed by atoms with Crippen molar-refractivity contribution in [3.8, 4) is 0 Å². The van der Waals surface area contributed by atoms with Crippen molar-refractivity contribution in [1.29, 1.82) is 0 Å². The lowest BCUT2D eigenvalue weighted by Gasteiger charge is -2.12. The van der Waals surface area contributed by atoms with Crippen molar-refractivity contribution in [1.82, 2.24) is 9.97 Å². The van der Waals surface area contributed by atoms with E-state index in [1.54, 1.807) is 0 Å². The molecule has 2 rings (SSSR count). The summed E-state index contributed by atoms with van der Waals surface area (Å²) in [7, 11) is 3.93. The predicted molar refractivity (Wildman–Crippen MR) is 65.5 cm³/mol. The molecule has 0 aromatic carbocycles. The SMILES string of the molecule is CN(C)c1nccc(CC(Br)C2CC2)n1. The quantitative estimate of drug-likeness (QED) is 0.786. The molecule has 1 atom stereocenters. The zero-order valence-corrected chi connectivity index (χ0v) is 10.7. The molecule has 3 nitrogen and oxygen atoms in total. The number of nitrogens with zero attached hydrogens (tertiary/aromatic N) is 3. The van der Waals surface area contributed by atoms with Gasteiger partial charge in [-0.15, -0.1) is 0 Å². The molecule has 0 saturated heterocycles. The van der Waals surface area contributed by atoms with Crippen molar-refractivity contribution in [2.24, 2.45) is 5.92 Å². The molecule has 15 heavy (non-hydrogen) atoms. The fraction of sp³-hybridized carbons (Fsp3) is 0.636. The van der Waals surface area contributed by atoms with Crippen LogP contribution in [0.15, 0.2) is 12.3 Å². The summed E-state index contributed by atoms with van der Waals surface area (Å²) in [6.07, 6.45) is 5.57. The van der Waals surface area contributed by atoms with Crippen LogP contribution in [0.25, 0.3) is 0 Å². The normalized spacial score (nSPS) is 17.5. The molecule has 1 aliphatic rings. The largest absolute Gasteiger partial charge is 0.347 e. The second-order valence-corrected chi connectivity index (χ2v) is 5.48. The van der Waals surface area contributed by atoms with Crippen LogP contribution in [0.1, 0.15) is 18.5 Å². The van der Waals surface area contributed by atoms with E-state index in [0.29, 0.717) is 4.83 Å². The van der Waals surface area contributed by atoms with E-state index in [1.807, 2.05) is 31.3 Å². The third-order valence-electron chi connectivity index (χ3n) is 2.64. The number of alkyl halides is 1. The Morgan fingerprint density at radius 1 is 1.53 bits per heavy atom. The minimum Gasteiger partial charge on any atom is -0.347 e. The Bertz CT molecular complexity index is 336. The minimum atomic E-state index is 0.586. The van der Waals surface area contributed by atoms with Crippen molar-refractivity contribution in [3.63, 3.8) is 0 Å². The highest BCUT2D eigenvalue weighted by molar-refractivity contribution is 9.09. The highest BCUT2D eigenvalue weighted by Crippen LogP contribution is 2.37. The summed E-state index contributed by atoms with van der Waals surface area (Å²) >= 11 is 3.73. The maximum absolute atomic E-state index is 4.51. The maximum Gasteiger partial charge on any atom is 0.224 e. The van der Waals surface area contributed by atoms with Crippen molar-refractivity contribution in [2.75, 3.05) is 19.0 Å². The zero-order chi connectivity index (χ0) is 10.8. The van der Waals surface area contributed by atoms with E-state index in [4.69, 9.17) is 0 Å². The van der Waals surface area contributed by atoms with Crippen LogP contribution >= 0.6 is 15.9 Å². The molecule has 1 aliphatic carbocycles. The molecule has 0 radical (unpaired) electrons. The summed E-state index contributed by atoms with van der Waals surface area (Å²) in [5.41, 5.74) is 1.13. The van der Waals surface area contributed by atoms with Gasteiger partial charge in [0.05, 0.1) is 0 Å². The molecular formula is C11H16BrN3. The van der Waals surface area contributed by atoms with Crippen molar-refractivity contribution < 1.29 is 0 Å². The highest BCUT2D eigenvalue weighted by atomic mass is 79.9. The van der Waals surface area contributed by atoms with Crippen LogP contribution < -0.4 is 4.90 Å². The van der Waals surface area contributed by atoms with Gasteiger partial charge < -0.3 is 4.90 Å². The van der Waals surface area contributed by atoms with Gasteiger partial charge in [-0.05, 0) is 24.8 Å². The smallest absolute Gasteiger partial charge is 0.224 e. The molecule has 0 bridgehead atoms. The summed E-state index contributed by atoms with van der Waals surface area (Å²) in [4.78, 5) is 11.2. The Balaban J connectivity index is 2.03. The number of rotatable bonds is 4. The number of anilines is 1. The molecule has 0 aliphatic heterocycles. The van der Waals surface area contributed by atoms with E-state index in [-0.39, 0.29) is 0 Å². The van der Waals surface area contributed by atoms with Gasteiger partial charge in [0, 0.05) is 37.2 Å². The van der Waals surface area contributed by atoms with Crippen molar-refractivity contribution >= 4 is 21.9 Å². The molecule has 1 heterocycles. The van der Waals surface area contributed by atoms with Gasteiger partial charge in [-0.3, -0.25) is 0 Å². The molecule has 0 N–H and O–H groups in total. The van der Waals surface area contributed by atoms with Gasteiger partial charge in [-0.2, -0.15) is 0 Å². The highest BCUT2D eigenvalue weighted by Gasteiger charge is 2.29. The number of aromatic nitrogens is 2. The Kier molecular flexibility index (Phi) is 3.24. The van der Waals surface area contributed by atoms with E-state index in [0.717, 1.165) is 24.0 Å². The first-order valence-electron chi connectivity index (χ1n) is 5.30. The second kappa shape index (κ2) is 4.47. The van der Waals surface area contributed by atoms with E-state index >= 15 is 0 Å². The van der Waals surface area contributed by atoms with Gasteiger partial charge in [0.25, 0.3) is 0 Å². The predicted octanol–water partition coefficient (Wildman–Crippen LogP) is 2.26. The van der Waals surface area contributed by atoms with Crippen molar-refractivity contribution in [3.05, 3.63) is 18.0 Å². The van der Waals surface area contributed by atoms with Gasteiger partial charge in [0.1, 0.15) is 0 Å². The first kappa shape index (κ1) is 10.9. The second-order valence-electron chi connectivity index (χ2n) is 4.30. The van der Waals surface area contributed by atoms with Crippen LogP contribution in [0.2, 0.25) is 0 Å². The molecule has 82 valence electrons. The Labute approximate surface area is 99.0 Å². The molecule has 4 heteroatoms. The van der Waals surface area contributed by atoms with Gasteiger partial charge in [0.2, 0.25) is 5.95 Å². The molecule has 0 spiro atoms. The van der Waals surface area contributed by atoms with E-state index in [1.165, 1.54) is 12.8 Å². The van der Waals surface area contributed by atoms with Crippen LogP contribution in [0.3, 0.4) is 0 Å². The van der Waals surface area contributed by atoms with Crippen LogP contribution in [-0.4, -0.2) is 28.9 Å². The molecule has 1 aromatic heterocycles. The molecule has 1 saturated carbocycles. The average Bonchev–Trinajstić information content (AvgIpc) is 3.01. The lowest BCUT2D eigenvalue weighted by Crippen LogP contribution is -2.14. The first-order valence-corrected chi connectivity index (χ1v) is 6.21. The summed E-state index contributed by atoms with van der Waals surface area (Å²) in [5, 5.41) is 0. The number of hydrogen-bond acceptors (Lipinski definition) is 3. The Morgan fingerprint density at radius 2 is 2.27 bits per heavy atom. The third kappa shape index (κ3) is 2.91. The Morgan fingerprint density at radius 3 is 2.87 bits per heavy atom.